The van der Waals surface area contributed by atoms with Crippen LogP contribution in [-0.4, -0.2) is 27.5 Å². The van der Waals surface area contributed by atoms with Crippen molar-refractivity contribution in [2.75, 3.05) is 0 Å². The molecule has 0 radical (unpaired) electrons. The molecule has 1 aromatic carbocycles. The van der Waals surface area contributed by atoms with Crippen LogP contribution in [0.15, 0.2) is 41.7 Å². The summed E-state index contributed by atoms with van der Waals surface area (Å²) in [5, 5.41) is 0.565. The van der Waals surface area contributed by atoms with Gasteiger partial charge in [0.2, 0.25) is 0 Å². The molecular formula is C16H13F4N3OS. The molecule has 0 fully saturated rings. The van der Waals surface area contributed by atoms with Gasteiger partial charge in [-0.2, -0.15) is 17.6 Å². The highest BCUT2D eigenvalue weighted by Gasteiger charge is 2.44. The molecule has 0 atom stereocenters. The predicted molar refractivity (Wildman–Crippen MR) is 86.2 cm³/mol. The highest BCUT2D eigenvalue weighted by molar-refractivity contribution is 7.98. The lowest BCUT2D eigenvalue weighted by atomic mass is 10.3. The minimum Gasteiger partial charge on any atom is -0.428 e. The van der Waals surface area contributed by atoms with Gasteiger partial charge in [0.05, 0.1) is 16.7 Å². The molecule has 0 amide bonds. The van der Waals surface area contributed by atoms with Crippen molar-refractivity contribution in [2.24, 2.45) is 0 Å². The quantitative estimate of drug-likeness (QED) is 0.500. The summed E-state index contributed by atoms with van der Waals surface area (Å²) in [6.45, 7) is 1.94. The van der Waals surface area contributed by atoms with Gasteiger partial charge in [-0.1, -0.05) is 17.8 Å². The van der Waals surface area contributed by atoms with E-state index in [1.54, 1.807) is 6.20 Å². The Hall–Kier alpha value is -2.29. The Labute approximate surface area is 144 Å². The Bertz CT molecular complexity index is 867. The van der Waals surface area contributed by atoms with Crippen LogP contribution in [0.25, 0.3) is 11.0 Å². The van der Waals surface area contributed by atoms with Crippen LogP contribution in [0.3, 0.4) is 0 Å². The van der Waals surface area contributed by atoms with E-state index >= 15 is 0 Å². The van der Waals surface area contributed by atoms with Gasteiger partial charge in [0, 0.05) is 18.0 Å². The maximum atomic E-state index is 13.0. The third kappa shape index (κ3) is 4.22. The number of ether oxygens (including phenoxy) is 1. The molecule has 1 N–H and O–H groups in total. The first kappa shape index (κ1) is 17.5. The summed E-state index contributed by atoms with van der Waals surface area (Å²) in [5.41, 5.74) is 2.87. The number of benzene rings is 1. The Morgan fingerprint density at radius 1 is 1.24 bits per heavy atom. The number of hydrogen-bond donors (Lipinski definition) is 1. The zero-order valence-corrected chi connectivity index (χ0v) is 13.8. The number of hydrogen-bond acceptors (Lipinski definition) is 4. The number of halogens is 4. The summed E-state index contributed by atoms with van der Waals surface area (Å²) in [4.78, 5) is 11.6. The Morgan fingerprint density at radius 3 is 2.72 bits per heavy atom. The van der Waals surface area contributed by atoms with E-state index in [1.165, 1.54) is 30.0 Å². The molecule has 132 valence electrons. The molecule has 0 unspecified atom stereocenters. The van der Waals surface area contributed by atoms with Crippen molar-refractivity contribution in [1.29, 1.82) is 0 Å². The van der Waals surface area contributed by atoms with E-state index in [4.69, 9.17) is 0 Å². The van der Waals surface area contributed by atoms with Gasteiger partial charge in [-0.3, -0.25) is 4.98 Å². The number of nitrogens with one attached hydrogen (secondary N) is 1. The summed E-state index contributed by atoms with van der Waals surface area (Å²) < 4.78 is 54.4. The average Bonchev–Trinajstić information content (AvgIpc) is 2.96. The number of aromatic nitrogens is 3. The molecule has 2 aromatic heterocycles. The number of pyridine rings is 1. The van der Waals surface area contributed by atoms with Crippen molar-refractivity contribution < 1.29 is 22.3 Å². The smallest absolute Gasteiger partial charge is 0.428 e. The van der Waals surface area contributed by atoms with Crippen molar-refractivity contribution in [2.45, 2.75) is 30.4 Å². The molecule has 0 aliphatic carbocycles. The van der Waals surface area contributed by atoms with Gasteiger partial charge in [-0.05, 0) is 30.7 Å². The second-order valence-corrected chi connectivity index (χ2v) is 6.27. The summed E-state index contributed by atoms with van der Waals surface area (Å²) in [5.74, 6) is 0.202. The van der Waals surface area contributed by atoms with Gasteiger partial charge < -0.3 is 9.72 Å². The first-order valence-corrected chi connectivity index (χ1v) is 8.21. The summed E-state index contributed by atoms with van der Waals surface area (Å²) in [7, 11) is 0. The number of thioether (sulfide) groups is 1. The Balaban J connectivity index is 1.72. The van der Waals surface area contributed by atoms with Crippen LogP contribution in [0.4, 0.5) is 17.6 Å². The fourth-order valence-electron chi connectivity index (χ4n) is 2.02. The van der Waals surface area contributed by atoms with Crippen molar-refractivity contribution in [3.63, 3.8) is 0 Å². The number of alkyl halides is 4. The Morgan fingerprint density at radius 2 is 2.04 bits per heavy atom. The van der Waals surface area contributed by atoms with E-state index < -0.39 is 12.5 Å². The molecule has 3 rings (SSSR count). The number of imidazole rings is 1. The van der Waals surface area contributed by atoms with Crippen LogP contribution in [0.2, 0.25) is 0 Å². The second-order valence-electron chi connectivity index (χ2n) is 5.30. The monoisotopic (exact) mass is 371 g/mol. The number of fused-ring (bicyclic) bond motifs is 1. The van der Waals surface area contributed by atoms with Gasteiger partial charge >= 0.3 is 12.5 Å². The molecule has 9 heteroatoms. The van der Waals surface area contributed by atoms with Gasteiger partial charge in [0.15, 0.2) is 5.16 Å². The van der Waals surface area contributed by atoms with Crippen molar-refractivity contribution >= 4 is 22.8 Å². The molecule has 4 nitrogen and oxygen atoms in total. The van der Waals surface area contributed by atoms with E-state index in [9.17, 15) is 17.6 Å². The molecule has 3 aromatic rings. The number of nitrogens with zero attached hydrogens (tertiary/aromatic N) is 2. The normalized spacial score (nSPS) is 12.1. The van der Waals surface area contributed by atoms with E-state index in [0.29, 0.717) is 21.9 Å². The molecular weight excluding hydrogens is 358 g/mol. The van der Waals surface area contributed by atoms with Crippen LogP contribution >= 0.6 is 11.8 Å². The third-order valence-corrected chi connectivity index (χ3v) is 4.18. The molecule has 25 heavy (non-hydrogen) atoms. The average molecular weight is 371 g/mol. The lowest BCUT2D eigenvalue weighted by Gasteiger charge is -2.16. The molecule has 0 saturated carbocycles. The lowest BCUT2D eigenvalue weighted by Crippen LogP contribution is -2.33. The van der Waals surface area contributed by atoms with E-state index in [2.05, 4.69) is 19.7 Å². The molecule has 0 saturated heterocycles. The number of H-pyrrole nitrogens is 1. The first-order valence-electron chi connectivity index (χ1n) is 7.22. The summed E-state index contributed by atoms with van der Waals surface area (Å²) >= 11 is 1.39. The van der Waals surface area contributed by atoms with Gasteiger partial charge in [0.25, 0.3) is 0 Å². The maximum Gasteiger partial charge on any atom is 0.461 e. The first-order chi connectivity index (χ1) is 11.8. The van der Waals surface area contributed by atoms with Crippen LogP contribution in [-0.2, 0) is 5.75 Å². The minimum absolute atomic E-state index is 0.349. The SMILES string of the molecule is Cc1ccc(CSc2nc3cc(OC(F)(F)C(F)F)ccc3[nH]2)nc1. The van der Waals surface area contributed by atoms with Gasteiger partial charge in [0.1, 0.15) is 5.75 Å². The van der Waals surface area contributed by atoms with E-state index in [1.807, 2.05) is 19.1 Å². The zero-order chi connectivity index (χ0) is 18.0. The predicted octanol–water partition coefficient (Wildman–Crippen LogP) is 4.80. The molecule has 2 heterocycles. The van der Waals surface area contributed by atoms with Crippen LogP contribution in [0.1, 0.15) is 11.3 Å². The van der Waals surface area contributed by atoms with E-state index in [0.717, 1.165) is 11.3 Å². The van der Waals surface area contributed by atoms with Crippen LogP contribution in [0, 0.1) is 6.92 Å². The van der Waals surface area contributed by atoms with Gasteiger partial charge in [-0.25, -0.2) is 4.98 Å². The standard InChI is InChI=1S/C16H13F4N3OS/c1-9-2-3-10(21-7-9)8-25-15-22-12-5-4-11(6-13(12)23-15)24-16(19,20)14(17)18/h2-7,14H,8H2,1H3,(H,22,23). The minimum atomic E-state index is -4.54. The highest BCUT2D eigenvalue weighted by atomic mass is 32.2. The molecule has 0 aliphatic heterocycles. The lowest BCUT2D eigenvalue weighted by molar-refractivity contribution is -0.253. The maximum absolute atomic E-state index is 13.0. The fraction of sp³-hybridized carbons (Fsp3) is 0.250. The Kier molecular flexibility index (Phi) is 4.85. The molecule has 0 bridgehead atoms. The van der Waals surface area contributed by atoms with Crippen LogP contribution < -0.4 is 4.74 Å². The topological polar surface area (TPSA) is 50.8 Å². The third-order valence-electron chi connectivity index (χ3n) is 3.27. The van der Waals surface area contributed by atoms with Crippen molar-refractivity contribution in [3.8, 4) is 5.75 Å². The molecule has 0 aliphatic rings. The van der Waals surface area contributed by atoms with E-state index in [-0.39, 0.29) is 5.75 Å². The van der Waals surface area contributed by atoms with Crippen molar-refractivity contribution in [1.82, 2.24) is 15.0 Å². The summed E-state index contributed by atoms with van der Waals surface area (Å²) in [6.07, 6.45) is -6.68. The summed E-state index contributed by atoms with van der Waals surface area (Å²) in [6, 6.07) is 7.69. The highest BCUT2D eigenvalue weighted by Crippen LogP contribution is 2.30. The van der Waals surface area contributed by atoms with Crippen molar-refractivity contribution in [3.05, 3.63) is 47.8 Å². The number of rotatable bonds is 6. The fourth-order valence-corrected chi connectivity index (χ4v) is 2.82. The van der Waals surface area contributed by atoms with Crippen LogP contribution in [0.5, 0.6) is 5.75 Å². The molecule has 0 spiro atoms. The zero-order valence-electron chi connectivity index (χ0n) is 13.0. The largest absolute Gasteiger partial charge is 0.461 e. The number of aryl methyl sites for hydroxylation is 1. The second kappa shape index (κ2) is 6.91. The number of aromatic amines is 1. The van der Waals surface area contributed by atoms with Gasteiger partial charge in [-0.15, -0.1) is 0 Å².